The van der Waals surface area contributed by atoms with Crippen LogP contribution in [0.4, 0.5) is 0 Å². The molecule has 0 radical (unpaired) electrons. The van der Waals surface area contributed by atoms with Crippen molar-refractivity contribution >= 4 is 11.3 Å². The van der Waals surface area contributed by atoms with Gasteiger partial charge in [0.2, 0.25) is 0 Å². The maximum absolute atomic E-state index is 4.33. The zero-order valence-electron chi connectivity index (χ0n) is 11.0. The van der Waals surface area contributed by atoms with Gasteiger partial charge in [0.1, 0.15) is 0 Å². The summed E-state index contributed by atoms with van der Waals surface area (Å²) in [6.45, 7) is 10.1. The Morgan fingerprint density at radius 1 is 1.47 bits per heavy atom. The third kappa shape index (κ3) is 3.06. The van der Waals surface area contributed by atoms with E-state index >= 15 is 0 Å². The lowest BCUT2D eigenvalue weighted by atomic mass is 9.98. The minimum atomic E-state index is 0.902. The number of nitrogens with one attached hydrogen (secondary N) is 1. The van der Waals surface area contributed by atoms with Gasteiger partial charge in [-0.1, -0.05) is 24.8 Å². The summed E-state index contributed by atoms with van der Waals surface area (Å²) in [6, 6.07) is 2.03. The average Bonchev–Trinajstić information content (AvgIpc) is 2.34. The average molecular weight is 228 g/mol. The molecule has 0 amide bonds. The lowest BCUT2D eigenvalue weighted by Crippen LogP contribution is -2.08. The molecule has 1 N–H and O–H groups in total. The van der Waals surface area contributed by atoms with E-state index in [2.05, 4.69) is 29.9 Å². The van der Waals surface area contributed by atoms with Crippen LogP contribution in [0.1, 0.15) is 30.7 Å². The zero-order valence-corrected chi connectivity index (χ0v) is 11.0. The monoisotopic (exact) mass is 228 g/mol. The molecule has 2 nitrogen and oxygen atoms in total. The predicted octanol–water partition coefficient (Wildman–Crippen LogP) is 3.56. The van der Waals surface area contributed by atoms with Gasteiger partial charge in [-0.15, -0.1) is 0 Å². The van der Waals surface area contributed by atoms with Crippen molar-refractivity contribution in [3.8, 4) is 0 Å². The van der Waals surface area contributed by atoms with Gasteiger partial charge in [-0.2, -0.15) is 0 Å². The Kier molecular flexibility index (Phi) is 4.70. The predicted molar refractivity (Wildman–Crippen MR) is 75.5 cm³/mol. The van der Waals surface area contributed by atoms with Crippen molar-refractivity contribution in [2.75, 3.05) is 7.05 Å². The second-order valence-corrected chi connectivity index (χ2v) is 3.92. The molecule has 0 atom stereocenters. The first-order valence-electron chi connectivity index (χ1n) is 5.74. The molecule has 17 heavy (non-hydrogen) atoms. The fourth-order valence-electron chi connectivity index (χ4n) is 1.73. The fraction of sp³-hybridized carbons (Fsp3) is 0.267. The van der Waals surface area contributed by atoms with E-state index in [-0.39, 0.29) is 0 Å². The molecule has 0 spiro atoms. The Morgan fingerprint density at radius 3 is 2.76 bits per heavy atom. The number of pyridine rings is 1. The van der Waals surface area contributed by atoms with Gasteiger partial charge in [-0.05, 0) is 38.0 Å². The van der Waals surface area contributed by atoms with Crippen LogP contribution in [-0.2, 0) is 0 Å². The molecule has 0 aliphatic rings. The number of hydrogen-bond acceptors (Lipinski definition) is 2. The Bertz CT molecular complexity index is 468. The van der Waals surface area contributed by atoms with Gasteiger partial charge in [0.15, 0.2) is 0 Å². The van der Waals surface area contributed by atoms with Gasteiger partial charge in [-0.3, -0.25) is 4.98 Å². The van der Waals surface area contributed by atoms with E-state index in [4.69, 9.17) is 0 Å². The number of hydrogen-bond donors (Lipinski definition) is 1. The van der Waals surface area contributed by atoms with E-state index in [1.165, 1.54) is 11.1 Å². The molecule has 1 heterocycles. The Balaban J connectivity index is 3.33. The first-order chi connectivity index (χ1) is 8.11. The van der Waals surface area contributed by atoms with Crippen LogP contribution in [0.3, 0.4) is 0 Å². The van der Waals surface area contributed by atoms with Crippen molar-refractivity contribution in [1.29, 1.82) is 0 Å². The highest BCUT2D eigenvalue weighted by Crippen LogP contribution is 2.24. The highest BCUT2D eigenvalue weighted by atomic mass is 14.8. The standard InChI is InChI=1S/C15H20N2/c1-6-7-8-11(2)14-9-10-17-13(4)15(14)12(3)16-5/h6-10,16H,3H2,1-2,4-5H3/b7-6-,11-8+. The molecule has 0 saturated heterocycles. The number of allylic oxidation sites excluding steroid dienone is 4. The molecule has 0 aromatic carbocycles. The summed E-state index contributed by atoms with van der Waals surface area (Å²) in [5.74, 6) is 0. The Hall–Kier alpha value is -1.83. The van der Waals surface area contributed by atoms with Crippen molar-refractivity contribution in [2.24, 2.45) is 0 Å². The van der Waals surface area contributed by atoms with Crippen molar-refractivity contribution in [3.05, 3.63) is 53.9 Å². The first kappa shape index (κ1) is 13.2. The summed E-state index contributed by atoms with van der Waals surface area (Å²) in [7, 11) is 1.88. The molecular formula is C15H20N2. The van der Waals surface area contributed by atoms with Crippen LogP contribution in [0.5, 0.6) is 0 Å². The largest absolute Gasteiger partial charge is 0.388 e. The summed E-state index contributed by atoms with van der Waals surface area (Å²) in [5, 5.41) is 3.09. The Labute approximate surface area is 104 Å². The van der Waals surface area contributed by atoms with Crippen LogP contribution in [0.15, 0.2) is 37.1 Å². The smallest absolute Gasteiger partial charge is 0.0471 e. The van der Waals surface area contributed by atoms with Crippen molar-refractivity contribution in [1.82, 2.24) is 10.3 Å². The Morgan fingerprint density at radius 2 is 2.18 bits per heavy atom. The molecule has 0 aliphatic carbocycles. The number of aromatic nitrogens is 1. The molecule has 2 heteroatoms. The van der Waals surface area contributed by atoms with E-state index in [0.717, 1.165) is 17.0 Å². The summed E-state index contributed by atoms with van der Waals surface area (Å²) in [4.78, 5) is 4.33. The third-order valence-electron chi connectivity index (χ3n) is 2.71. The van der Waals surface area contributed by atoms with Gasteiger partial charge in [0.25, 0.3) is 0 Å². The van der Waals surface area contributed by atoms with Crippen LogP contribution < -0.4 is 5.32 Å². The lowest BCUT2D eigenvalue weighted by molar-refractivity contribution is 1.09. The lowest BCUT2D eigenvalue weighted by Gasteiger charge is -2.14. The number of aryl methyl sites for hydroxylation is 1. The minimum Gasteiger partial charge on any atom is -0.388 e. The molecule has 0 unspecified atom stereocenters. The van der Waals surface area contributed by atoms with Gasteiger partial charge < -0.3 is 5.32 Å². The molecule has 90 valence electrons. The molecular weight excluding hydrogens is 208 g/mol. The van der Waals surface area contributed by atoms with E-state index in [1.807, 2.05) is 45.3 Å². The summed E-state index contributed by atoms with van der Waals surface area (Å²) >= 11 is 0. The van der Waals surface area contributed by atoms with Crippen LogP contribution in [-0.4, -0.2) is 12.0 Å². The topological polar surface area (TPSA) is 24.9 Å². The van der Waals surface area contributed by atoms with Gasteiger partial charge in [-0.25, -0.2) is 0 Å². The summed E-state index contributed by atoms with van der Waals surface area (Å²) < 4.78 is 0. The number of nitrogens with zero attached hydrogens (tertiary/aromatic N) is 1. The van der Waals surface area contributed by atoms with E-state index < -0.39 is 0 Å². The molecule has 1 aromatic heterocycles. The third-order valence-corrected chi connectivity index (χ3v) is 2.71. The fourth-order valence-corrected chi connectivity index (χ4v) is 1.73. The van der Waals surface area contributed by atoms with Gasteiger partial charge in [0, 0.05) is 30.2 Å². The number of rotatable bonds is 4. The van der Waals surface area contributed by atoms with E-state index in [1.54, 1.807) is 0 Å². The summed E-state index contributed by atoms with van der Waals surface area (Å²) in [6.07, 6.45) is 7.99. The highest BCUT2D eigenvalue weighted by Gasteiger charge is 2.09. The van der Waals surface area contributed by atoms with Crippen LogP contribution in [0.25, 0.3) is 11.3 Å². The van der Waals surface area contributed by atoms with Gasteiger partial charge >= 0.3 is 0 Å². The molecule has 1 rings (SSSR count). The summed E-state index contributed by atoms with van der Waals surface area (Å²) in [5.41, 5.74) is 5.37. The van der Waals surface area contributed by atoms with Gasteiger partial charge in [0.05, 0.1) is 0 Å². The normalized spacial score (nSPS) is 11.9. The molecule has 0 saturated carbocycles. The van der Waals surface area contributed by atoms with Crippen LogP contribution >= 0.6 is 0 Å². The molecule has 0 aliphatic heterocycles. The quantitative estimate of drug-likeness (QED) is 0.797. The first-order valence-corrected chi connectivity index (χ1v) is 5.74. The van der Waals surface area contributed by atoms with E-state index in [9.17, 15) is 0 Å². The molecule has 1 aromatic rings. The van der Waals surface area contributed by atoms with E-state index in [0.29, 0.717) is 0 Å². The van der Waals surface area contributed by atoms with Crippen LogP contribution in [0.2, 0.25) is 0 Å². The SMILES string of the molecule is C=C(NC)c1c(/C(C)=C/C=C\C)ccnc1C. The zero-order chi connectivity index (χ0) is 12.8. The maximum Gasteiger partial charge on any atom is 0.0471 e. The van der Waals surface area contributed by atoms with Crippen LogP contribution in [0, 0.1) is 6.92 Å². The molecule has 0 bridgehead atoms. The second-order valence-electron chi connectivity index (χ2n) is 3.92. The van der Waals surface area contributed by atoms with Crippen molar-refractivity contribution < 1.29 is 0 Å². The molecule has 0 fully saturated rings. The maximum atomic E-state index is 4.33. The second kappa shape index (κ2) is 6.04. The highest BCUT2D eigenvalue weighted by molar-refractivity contribution is 5.78. The van der Waals surface area contributed by atoms with Crippen molar-refractivity contribution in [2.45, 2.75) is 20.8 Å². The minimum absolute atomic E-state index is 0.902. The van der Waals surface area contributed by atoms with Crippen molar-refractivity contribution in [3.63, 3.8) is 0 Å².